The predicted octanol–water partition coefficient (Wildman–Crippen LogP) is 8.29. The fraction of sp³-hybridized carbons (Fsp3) is 0.200. The SMILES string of the molecule is COC(=O)c1ccc(-c2cc(C(=O)NC3CC3)cc(F)c2C)c(C(=O)Nc2nccs2)c1.Cc1c(F)cc(C(=O)NC2CC2)cc1-c1ccc(C(=O)O)cc1C(=O)Nc1nccs1. The van der Waals surface area contributed by atoms with Gasteiger partial charge in [-0.3, -0.25) is 29.8 Å². The van der Waals surface area contributed by atoms with Crippen molar-refractivity contribution < 1.29 is 47.4 Å². The first-order valence-electron chi connectivity index (χ1n) is 19.4. The number of hydrogen-bond donors (Lipinski definition) is 5. The molecule has 322 valence electrons. The minimum absolute atomic E-state index is 0.0392. The van der Waals surface area contributed by atoms with Crippen molar-refractivity contribution in [1.82, 2.24) is 20.6 Å². The Morgan fingerprint density at radius 1 is 0.603 bits per heavy atom. The molecule has 0 radical (unpaired) electrons. The summed E-state index contributed by atoms with van der Waals surface area (Å²) < 4.78 is 34.2. The molecule has 0 atom stereocenters. The van der Waals surface area contributed by atoms with Crippen LogP contribution in [0.4, 0.5) is 19.0 Å². The third-order valence-electron chi connectivity index (χ3n) is 10.1. The molecule has 2 aromatic heterocycles. The Morgan fingerprint density at radius 3 is 1.41 bits per heavy atom. The minimum Gasteiger partial charge on any atom is -0.478 e. The van der Waals surface area contributed by atoms with E-state index in [1.54, 1.807) is 42.9 Å². The van der Waals surface area contributed by atoms with Crippen molar-refractivity contribution in [2.24, 2.45) is 0 Å². The highest BCUT2D eigenvalue weighted by atomic mass is 32.1. The van der Waals surface area contributed by atoms with E-state index < -0.39 is 41.3 Å². The lowest BCUT2D eigenvalue weighted by Gasteiger charge is -2.15. The maximum atomic E-state index is 14.8. The zero-order valence-corrected chi connectivity index (χ0v) is 35.5. The number of carboxylic acid groups (broad SMARTS) is 1. The quantitative estimate of drug-likeness (QED) is 0.0744. The van der Waals surface area contributed by atoms with E-state index in [9.17, 15) is 42.7 Å². The molecule has 0 saturated heterocycles. The van der Waals surface area contributed by atoms with Crippen LogP contribution < -0.4 is 21.3 Å². The summed E-state index contributed by atoms with van der Waals surface area (Å²) >= 11 is 2.45. The molecule has 6 aromatic rings. The number of esters is 1. The first-order chi connectivity index (χ1) is 30.2. The number of carboxylic acids is 1. The van der Waals surface area contributed by atoms with E-state index >= 15 is 0 Å². The number of anilines is 2. The fourth-order valence-electron chi connectivity index (χ4n) is 6.38. The molecule has 0 unspecified atom stereocenters. The molecule has 2 fully saturated rings. The van der Waals surface area contributed by atoms with E-state index in [1.807, 2.05) is 0 Å². The average Bonchev–Trinajstić information content (AvgIpc) is 4.16. The van der Waals surface area contributed by atoms with Crippen molar-refractivity contribution in [2.75, 3.05) is 17.7 Å². The van der Waals surface area contributed by atoms with Gasteiger partial charge in [0.05, 0.1) is 18.2 Å². The first-order valence-corrected chi connectivity index (χ1v) is 21.2. The van der Waals surface area contributed by atoms with Gasteiger partial charge in [0.2, 0.25) is 0 Å². The van der Waals surface area contributed by atoms with Gasteiger partial charge >= 0.3 is 11.9 Å². The van der Waals surface area contributed by atoms with Gasteiger partial charge in [0.15, 0.2) is 10.3 Å². The van der Waals surface area contributed by atoms with Crippen molar-refractivity contribution in [3.8, 4) is 22.3 Å². The molecule has 0 bridgehead atoms. The Labute approximate surface area is 366 Å². The normalized spacial score (nSPS) is 12.9. The van der Waals surface area contributed by atoms with Crippen LogP contribution in [0.1, 0.15) is 99.0 Å². The number of aromatic carboxylic acids is 1. The molecule has 0 spiro atoms. The van der Waals surface area contributed by atoms with Crippen LogP contribution in [-0.4, -0.2) is 69.8 Å². The van der Waals surface area contributed by atoms with E-state index in [0.717, 1.165) is 31.7 Å². The van der Waals surface area contributed by atoms with Crippen LogP contribution in [-0.2, 0) is 4.74 Å². The number of amides is 4. The van der Waals surface area contributed by atoms with Crippen LogP contribution in [0.5, 0.6) is 0 Å². The fourth-order valence-corrected chi connectivity index (χ4v) is 7.43. The number of nitrogens with one attached hydrogen (secondary N) is 4. The van der Waals surface area contributed by atoms with Crippen molar-refractivity contribution >= 4 is 68.5 Å². The molecule has 2 heterocycles. The van der Waals surface area contributed by atoms with Gasteiger partial charge in [-0.05, 0) is 121 Å². The zero-order chi connectivity index (χ0) is 44.9. The molecule has 2 saturated carbocycles. The van der Waals surface area contributed by atoms with Crippen LogP contribution in [0, 0.1) is 25.5 Å². The molecule has 18 heteroatoms. The monoisotopic (exact) mass is 892 g/mol. The number of aromatic nitrogens is 2. The van der Waals surface area contributed by atoms with Gasteiger partial charge in [-0.25, -0.2) is 28.3 Å². The van der Waals surface area contributed by atoms with Crippen LogP contribution in [0.2, 0.25) is 0 Å². The van der Waals surface area contributed by atoms with Crippen LogP contribution in [0.15, 0.2) is 83.8 Å². The smallest absolute Gasteiger partial charge is 0.337 e. The highest BCUT2D eigenvalue weighted by Crippen LogP contribution is 2.34. The molecule has 5 N–H and O–H groups in total. The second-order valence-electron chi connectivity index (χ2n) is 14.7. The van der Waals surface area contributed by atoms with Gasteiger partial charge in [-0.1, -0.05) is 12.1 Å². The summed E-state index contributed by atoms with van der Waals surface area (Å²) in [6.07, 6.45) is 6.67. The van der Waals surface area contributed by atoms with Gasteiger partial charge in [0.1, 0.15) is 11.6 Å². The predicted molar refractivity (Wildman–Crippen MR) is 233 cm³/mol. The summed E-state index contributed by atoms with van der Waals surface area (Å²) in [5, 5.41) is 24.4. The number of methoxy groups -OCH3 is 1. The third kappa shape index (κ3) is 10.5. The van der Waals surface area contributed by atoms with Gasteiger partial charge in [0, 0.05) is 57.5 Å². The topological polar surface area (TPSA) is 206 Å². The summed E-state index contributed by atoms with van der Waals surface area (Å²) in [5.41, 5.74) is 2.49. The minimum atomic E-state index is -1.20. The summed E-state index contributed by atoms with van der Waals surface area (Å²) in [5.74, 6) is -4.82. The highest BCUT2D eigenvalue weighted by Gasteiger charge is 2.28. The molecule has 63 heavy (non-hydrogen) atoms. The number of carbonyl (C=O) groups excluding carboxylic acids is 5. The van der Waals surface area contributed by atoms with E-state index in [0.29, 0.717) is 32.5 Å². The zero-order valence-electron chi connectivity index (χ0n) is 33.8. The Balaban J connectivity index is 0.000000189. The number of halogens is 2. The first kappa shape index (κ1) is 43.9. The number of thiazole rings is 2. The Morgan fingerprint density at radius 2 is 1.03 bits per heavy atom. The highest BCUT2D eigenvalue weighted by molar-refractivity contribution is 7.14. The van der Waals surface area contributed by atoms with Crippen LogP contribution in [0.3, 0.4) is 0 Å². The van der Waals surface area contributed by atoms with Gasteiger partial charge in [0.25, 0.3) is 23.6 Å². The number of nitrogens with zero attached hydrogens (tertiary/aromatic N) is 2. The molecule has 2 aliphatic rings. The van der Waals surface area contributed by atoms with Crippen LogP contribution >= 0.6 is 22.7 Å². The molecular formula is C45H38F2N6O8S2. The number of hydrogen-bond acceptors (Lipinski definition) is 11. The molecule has 0 aliphatic heterocycles. The van der Waals surface area contributed by atoms with Gasteiger partial charge < -0.3 is 20.5 Å². The molecule has 2 aliphatic carbocycles. The van der Waals surface area contributed by atoms with Gasteiger partial charge in [-0.2, -0.15) is 0 Å². The van der Waals surface area contributed by atoms with Crippen molar-refractivity contribution in [1.29, 1.82) is 0 Å². The Kier molecular flexibility index (Phi) is 13.1. The molecule has 14 nitrogen and oxygen atoms in total. The number of ether oxygens (including phenoxy) is 1. The average molecular weight is 893 g/mol. The molecule has 4 amide bonds. The lowest BCUT2D eigenvalue weighted by atomic mass is 9.92. The summed E-state index contributed by atoms with van der Waals surface area (Å²) in [4.78, 5) is 82.6. The van der Waals surface area contributed by atoms with E-state index in [2.05, 4.69) is 31.2 Å². The van der Waals surface area contributed by atoms with Crippen molar-refractivity contribution in [3.63, 3.8) is 0 Å². The van der Waals surface area contributed by atoms with Crippen molar-refractivity contribution in [2.45, 2.75) is 51.6 Å². The Hall–Kier alpha value is -7.18. The maximum absolute atomic E-state index is 14.8. The van der Waals surface area contributed by atoms with E-state index in [4.69, 9.17) is 4.74 Å². The standard InChI is InChI=1S/C23H20FN3O4S.C22H18FN3O4S/c1-12-17(10-14(11-19(12)24)20(28)26-15-4-5-15)16-6-3-13(22(30)31-2)9-18(16)21(29)27-23-25-7-8-32-23;1-11-16(9-13(10-18(11)23)19(27)25-14-3-4-14)15-5-2-12(21(29)30)8-17(15)20(28)26-22-24-6-7-31-22/h3,6-11,15H,4-5H2,1-2H3,(H,26,28)(H,25,27,29);2,5-10,14H,3-4H2,1H3,(H,25,27)(H,29,30)(H,24,26,28). The van der Waals surface area contributed by atoms with E-state index in [1.165, 1.54) is 78.4 Å². The second kappa shape index (κ2) is 18.8. The lowest BCUT2D eigenvalue weighted by molar-refractivity contribution is 0.0599. The van der Waals surface area contributed by atoms with Crippen molar-refractivity contribution in [3.05, 3.63) is 140 Å². The summed E-state index contributed by atoms with van der Waals surface area (Å²) in [6.45, 7) is 3.12. The number of benzene rings is 4. The maximum Gasteiger partial charge on any atom is 0.337 e. The second-order valence-corrected chi connectivity index (χ2v) is 16.4. The molecule has 8 rings (SSSR count). The summed E-state index contributed by atoms with van der Waals surface area (Å²) in [7, 11) is 1.24. The number of carbonyl (C=O) groups is 6. The number of rotatable bonds is 12. The van der Waals surface area contributed by atoms with Gasteiger partial charge in [-0.15, -0.1) is 22.7 Å². The van der Waals surface area contributed by atoms with E-state index in [-0.39, 0.29) is 62.5 Å². The lowest BCUT2D eigenvalue weighted by Crippen LogP contribution is -2.25. The van der Waals surface area contributed by atoms with Crippen LogP contribution in [0.25, 0.3) is 22.3 Å². The summed E-state index contributed by atoms with van der Waals surface area (Å²) in [6, 6.07) is 14.1. The molecule has 4 aromatic carbocycles. The molecular weight excluding hydrogens is 855 g/mol. The Bertz CT molecular complexity index is 2770. The largest absolute Gasteiger partial charge is 0.478 e. The third-order valence-corrected chi connectivity index (χ3v) is 11.5.